The Balaban J connectivity index is 4.25. The first-order chi connectivity index (χ1) is 23.3. The van der Waals surface area contributed by atoms with Crippen molar-refractivity contribution >= 4 is 13.7 Å². The third kappa shape index (κ3) is 32.4. The molecule has 0 heterocycles. The lowest BCUT2D eigenvalue weighted by Crippen LogP contribution is -2.46. The molecule has 0 rings (SSSR count). The van der Waals surface area contributed by atoms with E-state index in [0.29, 0.717) is 6.42 Å². The minimum atomic E-state index is -4.38. The average molecular weight is 705 g/mol. The molecule has 286 valence electrons. The van der Waals surface area contributed by atoms with Crippen LogP contribution in [-0.2, 0) is 18.4 Å². The molecule has 0 fully saturated rings. The van der Waals surface area contributed by atoms with Crippen molar-refractivity contribution in [2.24, 2.45) is 5.73 Å². The predicted molar refractivity (Wildman–Crippen MR) is 200 cm³/mol. The molecule has 0 aromatic rings. The van der Waals surface area contributed by atoms with Gasteiger partial charge in [-0.25, -0.2) is 4.57 Å². The maximum absolute atomic E-state index is 12.7. The van der Waals surface area contributed by atoms with E-state index in [1.54, 1.807) is 6.08 Å². The molecule has 0 radical (unpaired) electrons. The molecule has 0 bridgehead atoms. The molecule has 4 atom stereocenters. The average Bonchev–Trinajstić information content (AvgIpc) is 3.06. The number of hydrogen-bond acceptors (Lipinski definition) is 7. The maximum Gasteiger partial charge on any atom is 0.472 e. The van der Waals surface area contributed by atoms with Crippen LogP contribution in [0.5, 0.6) is 0 Å². The van der Waals surface area contributed by atoms with Crippen molar-refractivity contribution in [3.63, 3.8) is 0 Å². The number of carbonyl (C=O) groups is 1. The van der Waals surface area contributed by atoms with E-state index in [2.05, 4.69) is 19.2 Å². The number of amides is 1. The number of unbranched alkanes of at least 4 members (excludes halogenated alkanes) is 23. The second-order valence-electron chi connectivity index (χ2n) is 13.7. The molecule has 9 nitrogen and oxygen atoms in total. The zero-order chi connectivity index (χ0) is 35.6. The van der Waals surface area contributed by atoms with Gasteiger partial charge in [0.25, 0.3) is 0 Å². The Morgan fingerprint density at radius 3 is 1.60 bits per heavy atom. The molecule has 0 saturated heterocycles. The molecule has 10 heteroatoms. The van der Waals surface area contributed by atoms with E-state index in [4.69, 9.17) is 14.8 Å². The lowest BCUT2D eigenvalue weighted by Gasteiger charge is -2.24. The maximum atomic E-state index is 12.7. The summed E-state index contributed by atoms with van der Waals surface area (Å²) in [5.74, 6) is -0.446. The normalized spacial score (nSPS) is 15.0. The Morgan fingerprint density at radius 2 is 1.15 bits per heavy atom. The molecule has 0 spiro atoms. The van der Waals surface area contributed by atoms with Gasteiger partial charge in [-0.1, -0.05) is 174 Å². The highest BCUT2D eigenvalue weighted by molar-refractivity contribution is 7.47. The molecule has 1 amide bonds. The number of carbonyl (C=O) groups excluding carboxylic acids is 1. The fourth-order valence-corrected chi connectivity index (χ4v) is 6.64. The van der Waals surface area contributed by atoms with Gasteiger partial charge in [-0.05, 0) is 19.3 Å². The van der Waals surface area contributed by atoms with Crippen LogP contribution in [-0.4, -0.2) is 59.0 Å². The molecular formula is C38H77N2O7P. The van der Waals surface area contributed by atoms with Crippen molar-refractivity contribution in [3.8, 4) is 0 Å². The number of rotatable bonds is 37. The molecule has 0 aliphatic rings. The van der Waals surface area contributed by atoms with Crippen LogP contribution in [0.4, 0.5) is 0 Å². The van der Waals surface area contributed by atoms with Crippen LogP contribution < -0.4 is 11.1 Å². The first-order valence-electron chi connectivity index (χ1n) is 19.9. The fraction of sp³-hybridized carbons (Fsp3) is 0.921. The van der Waals surface area contributed by atoms with E-state index in [9.17, 15) is 24.5 Å². The Hall–Kier alpha value is -0.800. The first-order valence-corrected chi connectivity index (χ1v) is 21.4. The van der Waals surface area contributed by atoms with E-state index in [0.717, 1.165) is 38.5 Å². The van der Waals surface area contributed by atoms with Gasteiger partial charge >= 0.3 is 7.82 Å². The Labute approximate surface area is 295 Å². The van der Waals surface area contributed by atoms with Gasteiger partial charge in [0.1, 0.15) is 0 Å². The molecular weight excluding hydrogens is 627 g/mol. The summed E-state index contributed by atoms with van der Waals surface area (Å²) in [5, 5.41) is 23.9. The lowest BCUT2D eigenvalue weighted by molar-refractivity contribution is -0.124. The zero-order valence-electron chi connectivity index (χ0n) is 31.1. The smallest absolute Gasteiger partial charge is 0.393 e. The Kier molecular flexibility index (Phi) is 34.1. The van der Waals surface area contributed by atoms with E-state index >= 15 is 0 Å². The molecule has 4 unspecified atom stereocenters. The molecule has 0 aromatic heterocycles. The number of allylic oxidation sites excluding steroid dienone is 1. The Bertz CT molecular complexity index is 786. The number of phosphoric ester groups is 1. The molecule has 0 aliphatic heterocycles. The van der Waals surface area contributed by atoms with E-state index in [-0.39, 0.29) is 19.6 Å². The van der Waals surface area contributed by atoms with Crippen molar-refractivity contribution in [2.75, 3.05) is 19.8 Å². The number of hydrogen-bond donors (Lipinski definition) is 5. The fourth-order valence-electron chi connectivity index (χ4n) is 5.88. The summed E-state index contributed by atoms with van der Waals surface area (Å²) in [6.45, 7) is 3.94. The molecule has 0 saturated carbocycles. The zero-order valence-corrected chi connectivity index (χ0v) is 32.0. The van der Waals surface area contributed by atoms with Gasteiger partial charge < -0.3 is 26.2 Å². The monoisotopic (exact) mass is 705 g/mol. The van der Waals surface area contributed by atoms with Crippen LogP contribution in [0.25, 0.3) is 0 Å². The van der Waals surface area contributed by atoms with Crippen LogP contribution in [0.1, 0.15) is 187 Å². The summed E-state index contributed by atoms with van der Waals surface area (Å²) < 4.78 is 21.9. The molecule has 48 heavy (non-hydrogen) atoms. The number of aliphatic hydroxyl groups is 2. The van der Waals surface area contributed by atoms with E-state index < -0.39 is 38.6 Å². The minimum Gasteiger partial charge on any atom is -0.393 e. The number of aliphatic hydroxyl groups excluding tert-OH is 2. The quantitative estimate of drug-likeness (QED) is 0.0244. The SMILES string of the molecule is CCCCCCCCC/C=C/C(O)C(COP(=O)(O)OCCN)NC(=O)CC(O)CCCCCCCCCCCCCCCCCCC. The number of phosphoric acid groups is 1. The van der Waals surface area contributed by atoms with Gasteiger partial charge in [-0.15, -0.1) is 0 Å². The van der Waals surface area contributed by atoms with Crippen LogP contribution in [0.15, 0.2) is 12.2 Å². The van der Waals surface area contributed by atoms with Crippen molar-refractivity contribution in [1.29, 1.82) is 0 Å². The van der Waals surface area contributed by atoms with Crippen LogP contribution in [0.3, 0.4) is 0 Å². The lowest BCUT2D eigenvalue weighted by atomic mass is 10.0. The predicted octanol–water partition coefficient (Wildman–Crippen LogP) is 9.41. The van der Waals surface area contributed by atoms with Crippen molar-refractivity contribution < 1.29 is 33.5 Å². The van der Waals surface area contributed by atoms with Gasteiger partial charge in [0.05, 0.1) is 37.9 Å². The van der Waals surface area contributed by atoms with Crippen molar-refractivity contribution in [1.82, 2.24) is 5.32 Å². The highest BCUT2D eigenvalue weighted by Crippen LogP contribution is 2.43. The van der Waals surface area contributed by atoms with Gasteiger partial charge in [0.15, 0.2) is 0 Å². The molecule has 0 aromatic carbocycles. The summed E-state index contributed by atoms with van der Waals surface area (Å²) in [5.41, 5.74) is 5.34. The standard InChI is InChI=1S/C38H77N2O7P/c1-3-5-7-9-11-13-14-15-16-17-18-19-20-22-23-25-27-29-35(41)33-38(43)40-36(34-47-48(44,45)46-32-31-39)37(42)30-28-26-24-21-12-10-8-6-4-2/h28,30,35-37,41-42H,3-27,29,31-34,39H2,1-2H3,(H,40,43)(H,44,45)/b30-28+. The topological polar surface area (TPSA) is 151 Å². The highest BCUT2D eigenvalue weighted by atomic mass is 31.2. The Morgan fingerprint density at radius 1 is 0.708 bits per heavy atom. The summed E-state index contributed by atoms with van der Waals surface area (Å²) >= 11 is 0. The van der Waals surface area contributed by atoms with Gasteiger partial charge in [-0.3, -0.25) is 13.8 Å². The summed E-state index contributed by atoms with van der Waals surface area (Å²) in [4.78, 5) is 22.6. The third-order valence-electron chi connectivity index (χ3n) is 8.92. The summed E-state index contributed by atoms with van der Waals surface area (Å²) in [6.07, 6.45) is 33.1. The van der Waals surface area contributed by atoms with Crippen LogP contribution >= 0.6 is 7.82 Å². The van der Waals surface area contributed by atoms with Gasteiger partial charge in [0.2, 0.25) is 5.91 Å². The second-order valence-corrected chi connectivity index (χ2v) is 15.1. The summed E-state index contributed by atoms with van der Waals surface area (Å²) in [7, 11) is -4.38. The number of nitrogens with one attached hydrogen (secondary N) is 1. The van der Waals surface area contributed by atoms with Crippen molar-refractivity contribution in [3.05, 3.63) is 12.2 Å². The minimum absolute atomic E-state index is 0.0510. The molecule has 0 aliphatic carbocycles. The van der Waals surface area contributed by atoms with Crippen LogP contribution in [0.2, 0.25) is 0 Å². The number of nitrogens with two attached hydrogens (primary N) is 1. The van der Waals surface area contributed by atoms with Gasteiger partial charge in [-0.2, -0.15) is 0 Å². The van der Waals surface area contributed by atoms with E-state index in [1.165, 1.54) is 122 Å². The molecule has 6 N–H and O–H groups in total. The third-order valence-corrected chi connectivity index (χ3v) is 9.90. The van der Waals surface area contributed by atoms with Crippen LogP contribution in [0, 0.1) is 0 Å². The second kappa shape index (κ2) is 34.6. The highest BCUT2D eigenvalue weighted by Gasteiger charge is 2.27. The largest absolute Gasteiger partial charge is 0.472 e. The van der Waals surface area contributed by atoms with Crippen molar-refractivity contribution in [2.45, 2.75) is 205 Å². The summed E-state index contributed by atoms with van der Waals surface area (Å²) in [6, 6.07) is -0.975. The van der Waals surface area contributed by atoms with Gasteiger partial charge in [0, 0.05) is 6.54 Å². The first kappa shape index (κ1) is 47.2. The van der Waals surface area contributed by atoms with E-state index in [1.807, 2.05) is 6.08 Å².